The van der Waals surface area contributed by atoms with Crippen molar-refractivity contribution in [2.24, 2.45) is 0 Å². The highest BCUT2D eigenvalue weighted by atomic mass is 32.2. The quantitative estimate of drug-likeness (QED) is 0.613. The summed E-state index contributed by atoms with van der Waals surface area (Å²) in [4.78, 5) is 12.2. The summed E-state index contributed by atoms with van der Waals surface area (Å²) in [7, 11) is -3.47. The lowest BCUT2D eigenvalue weighted by atomic mass is 10.1. The van der Waals surface area contributed by atoms with Crippen LogP contribution in [0.3, 0.4) is 0 Å². The van der Waals surface area contributed by atoms with E-state index in [1.54, 1.807) is 16.9 Å². The Balaban J connectivity index is 1.44. The van der Waals surface area contributed by atoms with Crippen molar-refractivity contribution < 1.29 is 13.2 Å². The van der Waals surface area contributed by atoms with Crippen molar-refractivity contribution in [3.05, 3.63) is 53.9 Å². The maximum absolute atomic E-state index is 12.2. The first-order valence-corrected chi connectivity index (χ1v) is 10.7. The van der Waals surface area contributed by atoms with Crippen LogP contribution in [0.4, 0.5) is 0 Å². The summed E-state index contributed by atoms with van der Waals surface area (Å²) in [6.07, 6.45) is 3.91. The summed E-state index contributed by atoms with van der Waals surface area (Å²) < 4.78 is 28.4. The zero-order valence-electron chi connectivity index (χ0n) is 15.1. The van der Waals surface area contributed by atoms with E-state index in [9.17, 15) is 13.2 Å². The predicted octanol–water partition coefficient (Wildman–Crippen LogP) is 0.657. The number of aromatic nitrogens is 2. The average Bonchev–Trinajstić information content (AvgIpc) is 3.18. The smallest absolute Gasteiger partial charge is 0.271 e. The highest BCUT2D eigenvalue weighted by Crippen LogP contribution is 2.15. The number of benzene rings is 1. The number of nitrogens with zero attached hydrogens (tertiary/aromatic N) is 2. The van der Waals surface area contributed by atoms with E-state index in [4.69, 9.17) is 0 Å². The standard InChI is InChI=1S/C18H25N5O3S/c24-18(17-8-11-23(22-17)16-7-4-9-19-14-16)20-10-12-27(25,26)21-13-15-5-2-1-3-6-15/h1-3,5-6,8,11,16,19,21H,4,7,9-10,12-14H2,(H,20,24). The first-order chi connectivity index (χ1) is 13.0. The van der Waals surface area contributed by atoms with Gasteiger partial charge in [-0.25, -0.2) is 13.1 Å². The van der Waals surface area contributed by atoms with Crippen molar-refractivity contribution >= 4 is 15.9 Å². The molecule has 1 fully saturated rings. The zero-order chi connectivity index (χ0) is 19.1. The summed E-state index contributed by atoms with van der Waals surface area (Å²) in [6.45, 7) is 2.11. The molecule has 2 heterocycles. The second kappa shape index (κ2) is 9.12. The van der Waals surface area contributed by atoms with Crippen LogP contribution in [-0.2, 0) is 16.6 Å². The molecule has 1 atom stereocenters. The van der Waals surface area contributed by atoms with Crippen molar-refractivity contribution in [1.82, 2.24) is 25.1 Å². The van der Waals surface area contributed by atoms with Crippen LogP contribution in [0.5, 0.6) is 0 Å². The molecule has 0 spiro atoms. The molecule has 1 unspecified atom stereocenters. The normalized spacial score (nSPS) is 17.6. The second-order valence-corrected chi connectivity index (χ2v) is 8.49. The molecule has 0 aliphatic carbocycles. The molecule has 1 aromatic heterocycles. The summed E-state index contributed by atoms with van der Waals surface area (Å²) >= 11 is 0. The van der Waals surface area contributed by atoms with Gasteiger partial charge in [0.1, 0.15) is 5.69 Å². The highest BCUT2D eigenvalue weighted by Gasteiger charge is 2.18. The molecule has 1 saturated heterocycles. The third-order valence-corrected chi connectivity index (χ3v) is 5.81. The molecule has 146 valence electrons. The predicted molar refractivity (Wildman–Crippen MR) is 103 cm³/mol. The zero-order valence-corrected chi connectivity index (χ0v) is 15.9. The molecule has 9 heteroatoms. The Labute approximate surface area is 159 Å². The van der Waals surface area contributed by atoms with E-state index in [0.29, 0.717) is 5.69 Å². The molecule has 27 heavy (non-hydrogen) atoms. The van der Waals surface area contributed by atoms with E-state index in [1.165, 1.54) is 0 Å². The van der Waals surface area contributed by atoms with Gasteiger partial charge >= 0.3 is 0 Å². The van der Waals surface area contributed by atoms with E-state index >= 15 is 0 Å². The Kier molecular flexibility index (Phi) is 6.59. The van der Waals surface area contributed by atoms with Crippen molar-refractivity contribution in [3.63, 3.8) is 0 Å². The molecule has 1 aromatic carbocycles. The Hall–Kier alpha value is -2.23. The Bertz CT molecular complexity index is 845. The minimum Gasteiger partial charge on any atom is -0.350 e. The number of amides is 1. The molecule has 0 bridgehead atoms. The molecule has 1 aliphatic heterocycles. The molecule has 3 rings (SSSR count). The molecule has 2 aromatic rings. The van der Waals surface area contributed by atoms with Crippen LogP contribution in [-0.4, -0.2) is 49.5 Å². The van der Waals surface area contributed by atoms with E-state index in [-0.39, 0.29) is 30.8 Å². The topological polar surface area (TPSA) is 105 Å². The minimum absolute atomic E-state index is 0.0286. The highest BCUT2D eigenvalue weighted by molar-refractivity contribution is 7.89. The van der Waals surface area contributed by atoms with Crippen molar-refractivity contribution in [3.8, 4) is 0 Å². The molecule has 0 saturated carbocycles. The number of piperidine rings is 1. The molecule has 1 aliphatic rings. The number of nitrogens with one attached hydrogen (secondary N) is 3. The van der Waals surface area contributed by atoms with Crippen LogP contribution in [0.1, 0.15) is 34.9 Å². The summed E-state index contributed by atoms with van der Waals surface area (Å²) in [5, 5.41) is 10.3. The SMILES string of the molecule is O=C(NCCS(=O)(=O)NCc1ccccc1)c1ccn(C2CCCNC2)n1. The number of hydrogen-bond donors (Lipinski definition) is 3. The first-order valence-electron chi connectivity index (χ1n) is 9.09. The van der Waals surface area contributed by atoms with Gasteiger partial charge in [-0.05, 0) is 31.0 Å². The van der Waals surface area contributed by atoms with Gasteiger partial charge < -0.3 is 10.6 Å². The van der Waals surface area contributed by atoms with Crippen molar-refractivity contribution in [2.75, 3.05) is 25.4 Å². The number of carbonyl (C=O) groups is 1. The third-order valence-electron chi connectivity index (χ3n) is 4.48. The fourth-order valence-corrected chi connectivity index (χ4v) is 3.87. The fourth-order valence-electron chi connectivity index (χ4n) is 2.97. The number of carbonyl (C=O) groups excluding carboxylic acids is 1. The lowest BCUT2D eigenvalue weighted by Crippen LogP contribution is -2.34. The Morgan fingerprint density at radius 3 is 2.81 bits per heavy atom. The molecule has 0 radical (unpaired) electrons. The Morgan fingerprint density at radius 2 is 2.07 bits per heavy atom. The van der Waals surface area contributed by atoms with Crippen LogP contribution < -0.4 is 15.4 Å². The van der Waals surface area contributed by atoms with Crippen molar-refractivity contribution in [2.45, 2.75) is 25.4 Å². The van der Waals surface area contributed by atoms with Gasteiger partial charge in [0.25, 0.3) is 5.91 Å². The van der Waals surface area contributed by atoms with E-state index in [1.807, 2.05) is 30.3 Å². The van der Waals surface area contributed by atoms with E-state index in [0.717, 1.165) is 31.5 Å². The molecular formula is C18H25N5O3S. The molecule has 3 N–H and O–H groups in total. The minimum atomic E-state index is -3.47. The van der Waals surface area contributed by atoms with Crippen LogP contribution in [0.15, 0.2) is 42.6 Å². The average molecular weight is 391 g/mol. The van der Waals surface area contributed by atoms with Gasteiger partial charge in [-0.1, -0.05) is 30.3 Å². The van der Waals surface area contributed by atoms with Gasteiger partial charge in [0.05, 0.1) is 11.8 Å². The monoisotopic (exact) mass is 391 g/mol. The third kappa shape index (κ3) is 5.88. The number of sulfonamides is 1. The fraction of sp³-hybridized carbons (Fsp3) is 0.444. The second-order valence-electron chi connectivity index (χ2n) is 6.56. The van der Waals surface area contributed by atoms with Crippen LogP contribution >= 0.6 is 0 Å². The Morgan fingerprint density at radius 1 is 1.26 bits per heavy atom. The van der Waals surface area contributed by atoms with Gasteiger partial charge in [0.2, 0.25) is 10.0 Å². The maximum Gasteiger partial charge on any atom is 0.271 e. The molecular weight excluding hydrogens is 366 g/mol. The largest absolute Gasteiger partial charge is 0.350 e. The summed E-state index contributed by atoms with van der Waals surface area (Å²) in [5.41, 5.74) is 1.18. The molecule has 1 amide bonds. The van der Waals surface area contributed by atoms with Gasteiger partial charge in [-0.15, -0.1) is 0 Å². The van der Waals surface area contributed by atoms with E-state index in [2.05, 4.69) is 20.5 Å². The lowest BCUT2D eigenvalue weighted by Gasteiger charge is -2.22. The van der Waals surface area contributed by atoms with Gasteiger partial charge in [-0.2, -0.15) is 5.10 Å². The van der Waals surface area contributed by atoms with Crippen LogP contribution in [0.2, 0.25) is 0 Å². The number of hydrogen-bond acceptors (Lipinski definition) is 5. The van der Waals surface area contributed by atoms with Crippen LogP contribution in [0, 0.1) is 0 Å². The van der Waals surface area contributed by atoms with Gasteiger partial charge in [-0.3, -0.25) is 9.48 Å². The van der Waals surface area contributed by atoms with Crippen molar-refractivity contribution in [1.29, 1.82) is 0 Å². The first kappa shape index (κ1) is 19.5. The summed E-state index contributed by atoms with van der Waals surface area (Å²) in [6, 6.07) is 11.2. The van der Waals surface area contributed by atoms with Crippen LogP contribution in [0.25, 0.3) is 0 Å². The number of rotatable bonds is 8. The lowest BCUT2D eigenvalue weighted by molar-refractivity contribution is 0.0949. The maximum atomic E-state index is 12.2. The van der Waals surface area contributed by atoms with E-state index < -0.39 is 10.0 Å². The van der Waals surface area contributed by atoms with Gasteiger partial charge in [0.15, 0.2) is 0 Å². The van der Waals surface area contributed by atoms with Gasteiger partial charge in [0, 0.05) is 25.8 Å². The summed E-state index contributed by atoms with van der Waals surface area (Å²) in [5.74, 6) is -0.547. The molecule has 8 nitrogen and oxygen atoms in total.